The Morgan fingerprint density at radius 3 is 2.68 bits per heavy atom. The molecule has 0 aliphatic heterocycles. The number of carbonyl (C=O) groups is 2. The number of methoxy groups -OCH3 is 1. The van der Waals surface area contributed by atoms with E-state index in [-0.39, 0.29) is 12.5 Å². The normalized spacial score (nSPS) is 10.5. The van der Waals surface area contributed by atoms with E-state index in [1.165, 1.54) is 0 Å². The van der Waals surface area contributed by atoms with Crippen LogP contribution in [0, 0.1) is 13.8 Å². The van der Waals surface area contributed by atoms with Gasteiger partial charge in [-0.3, -0.25) is 9.78 Å². The first kappa shape index (κ1) is 19.4. The van der Waals surface area contributed by atoms with Crippen LogP contribution in [0.2, 0.25) is 0 Å². The number of ether oxygens (including phenoxy) is 2. The molecule has 0 radical (unpaired) electrons. The average molecular weight is 378 g/mol. The number of benzene rings is 2. The third kappa shape index (κ3) is 4.65. The summed E-state index contributed by atoms with van der Waals surface area (Å²) >= 11 is 0. The molecule has 6 heteroatoms. The zero-order chi connectivity index (χ0) is 20.1. The number of esters is 1. The van der Waals surface area contributed by atoms with E-state index in [0.717, 1.165) is 22.0 Å². The molecule has 1 heterocycles. The average Bonchev–Trinajstić information content (AvgIpc) is 2.70. The van der Waals surface area contributed by atoms with Crippen molar-refractivity contribution in [1.82, 2.24) is 10.3 Å². The zero-order valence-corrected chi connectivity index (χ0v) is 16.1. The number of aryl methyl sites for hydroxylation is 2. The molecule has 0 aliphatic rings. The van der Waals surface area contributed by atoms with Gasteiger partial charge in [0, 0.05) is 11.9 Å². The molecule has 2 aromatic carbocycles. The molecular weight excluding hydrogens is 356 g/mol. The number of carbonyl (C=O) groups excluding carboxylic acids is 2. The van der Waals surface area contributed by atoms with Gasteiger partial charge in [0.25, 0.3) is 5.91 Å². The second kappa shape index (κ2) is 8.52. The first-order valence-corrected chi connectivity index (χ1v) is 8.91. The van der Waals surface area contributed by atoms with Crippen LogP contribution < -0.4 is 10.1 Å². The van der Waals surface area contributed by atoms with Gasteiger partial charge < -0.3 is 14.8 Å². The van der Waals surface area contributed by atoms with Gasteiger partial charge >= 0.3 is 5.97 Å². The smallest absolute Gasteiger partial charge is 0.340 e. The standard InChI is InChI=1S/C22H22N2O4/c1-14-7-8-20-17(9-14)11-19(15(2)24-20)22(26)28-13-21(25)23-12-16-5-4-6-18(10-16)27-3/h4-11H,12-13H2,1-3H3,(H,23,25). The predicted octanol–water partition coefficient (Wildman–Crippen LogP) is 3.33. The van der Waals surface area contributed by atoms with E-state index in [9.17, 15) is 9.59 Å². The van der Waals surface area contributed by atoms with Crippen LogP contribution in [-0.2, 0) is 16.1 Å². The van der Waals surface area contributed by atoms with Crippen molar-refractivity contribution in [2.24, 2.45) is 0 Å². The third-order valence-corrected chi connectivity index (χ3v) is 4.34. The number of pyridine rings is 1. The zero-order valence-electron chi connectivity index (χ0n) is 16.1. The molecule has 0 saturated heterocycles. The Bertz CT molecular complexity index is 1030. The van der Waals surface area contributed by atoms with Crippen LogP contribution in [0.25, 0.3) is 10.9 Å². The number of fused-ring (bicyclic) bond motifs is 1. The summed E-state index contributed by atoms with van der Waals surface area (Å²) in [5, 5.41) is 3.58. The van der Waals surface area contributed by atoms with Crippen molar-refractivity contribution in [2.75, 3.05) is 13.7 Å². The maximum Gasteiger partial charge on any atom is 0.340 e. The molecule has 144 valence electrons. The van der Waals surface area contributed by atoms with E-state index in [2.05, 4.69) is 10.3 Å². The Labute approximate surface area is 163 Å². The topological polar surface area (TPSA) is 77.5 Å². The quantitative estimate of drug-likeness (QED) is 0.666. The van der Waals surface area contributed by atoms with E-state index in [1.54, 1.807) is 20.1 Å². The Kier molecular flexibility index (Phi) is 5.89. The fourth-order valence-corrected chi connectivity index (χ4v) is 2.84. The van der Waals surface area contributed by atoms with Gasteiger partial charge in [-0.25, -0.2) is 4.79 Å². The van der Waals surface area contributed by atoms with Gasteiger partial charge in [-0.05, 0) is 49.7 Å². The van der Waals surface area contributed by atoms with Gasteiger partial charge in [0.15, 0.2) is 6.61 Å². The van der Waals surface area contributed by atoms with E-state index >= 15 is 0 Å². The van der Waals surface area contributed by atoms with Crippen LogP contribution in [0.4, 0.5) is 0 Å². The number of hydrogen-bond acceptors (Lipinski definition) is 5. The van der Waals surface area contributed by atoms with Crippen molar-refractivity contribution >= 4 is 22.8 Å². The minimum atomic E-state index is -0.565. The van der Waals surface area contributed by atoms with Crippen molar-refractivity contribution in [3.63, 3.8) is 0 Å². The molecule has 3 rings (SSSR count). The summed E-state index contributed by atoms with van der Waals surface area (Å²) in [7, 11) is 1.59. The fraction of sp³-hybridized carbons (Fsp3) is 0.227. The Hall–Kier alpha value is -3.41. The number of nitrogens with zero attached hydrogens (tertiary/aromatic N) is 1. The molecule has 0 aliphatic carbocycles. The molecule has 0 unspecified atom stereocenters. The fourth-order valence-electron chi connectivity index (χ4n) is 2.84. The first-order valence-electron chi connectivity index (χ1n) is 8.91. The number of rotatable bonds is 6. The lowest BCUT2D eigenvalue weighted by Gasteiger charge is -2.10. The summed E-state index contributed by atoms with van der Waals surface area (Å²) in [6.45, 7) is 3.69. The van der Waals surface area contributed by atoms with Crippen LogP contribution >= 0.6 is 0 Å². The molecule has 3 aromatic rings. The number of amides is 1. The van der Waals surface area contributed by atoms with Crippen molar-refractivity contribution in [3.8, 4) is 5.75 Å². The van der Waals surface area contributed by atoms with Crippen molar-refractivity contribution in [1.29, 1.82) is 0 Å². The van der Waals surface area contributed by atoms with Crippen LogP contribution in [0.3, 0.4) is 0 Å². The number of nitrogens with one attached hydrogen (secondary N) is 1. The lowest BCUT2D eigenvalue weighted by atomic mass is 10.1. The van der Waals surface area contributed by atoms with Crippen LogP contribution in [0.15, 0.2) is 48.5 Å². The Morgan fingerprint density at radius 1 is 1.07 bits per heavy atom. The molecule has 0 saturated carbocycles. The highest BCUT2D eigenvalue weighted by Crippen LogP contribution is 2.19. The molecule has 0 atom stereocenters. The molecule has 1 aromatic heterocycles. The Balaban J connectivity index is 1.59. The molecule has 1 amide bonds. The number of aromatic nitrogens is 1. The maximum atomic E-state index is 12.4. The van der Waals surface area contributed by atoms with Crippen molar-refractivity contribution < 1.29 is 19.1 Å². The predicted molar refractivity (Wildman–Crippen MR) is 106 cm³/mol. The lowest BCUT2D eigenvalue weighted by Crippen LogP contribution is -2.28. The van der Waals surface area contributed by atoms with Crippen LogP contribution in [0.1, 0.15) is 27.2 Å². The molecule has 6 nitrogen and oxygen atoms in total. The van der Waals surface area contributed by atoms with Crippen LogP contribution in [-0.4, -0.2) is 30.6 Å². The van der Waals surface area contributed by atoms with Gasteiger partial charge in [0.05, 0.1) is 23.9 Å². The molecule has 28 heavy (non-hydrogen) atoms. The Morgan fingerprint density at radius 2 is 1.89 bits per heavy atom. The van der Waals surface area contributed by atoms with E-state index in [0.29, 0.717) is 23.6 Å². The summed E-state index contributed by atoms with van der Waals surface area (Å²) in [5.74, 6) is -0.226. The summed E-state index contributed by atoms with van der Waals surface area (Å²) in [5.41, 5.74) is 3.71. The minimum Gasteiger partial charge on any atom is -0.497 e. The second-order valence-corrected chi connectivity index (χ2v) is 6.52. The highest BCUT2D eigenvalue weighted by Gasteiger charge is 2.15. The number of hydrogen-bond donors (Lipinski definition) is 1. The van der Waals surface area contributed by atoms with Gasteiger partial charge in [-0.2, -0.15) is 0 Å². The van der Waals surface area contributed by atoms with Crippen LogP contribution in [0.5, 0.6) is 5.75 Å². The molecular formula is C22H22N2O4. The largest absolute Gasteiger partial charge is 0.497 e. The van der Waals surface area contributed by atoms with E-state index < -0.39 is 5.97 Å². The van der Waals surface area contributed by atoms with Gasteiger partial charge in [0.1, 0.15) is 5.75 Å². The maximum absolute atomic E-state index is 12.4. The molecule has 1 N–H and O–H groups in total. The summed E-state index contributed by atoms with van der Waals surface area (Å²) in [6.07, 6.45) is 0. The first-order chi connectivity index (χ1) is 13.5. The molecule has 0 spiro atoms. The van der Waals surface area contributed by atoms with Crippen molar-refractivity contribution in [3.05, 3.63) is 70.9 Å². The SMILES string of the molecule is COc1cccc(CNC(=O)COC(=O)c2cc3cc(C)ccc3nc2C)c1. The van der Waals surface area contributed by atoms with Crippen molar-refractivity contribution in [2.45, 2.75) is 20.4 Å². The van der Waals surface area contributed by atoms with E-state index in [4.69, 9.17) is 9.47 Å². The highest BCUT2D eigenvalue weighted by molar-refractivity contribution is 5.96. The van der Waals surface area contributed by atoms with E-state index in [1.807, 2.05) is 49.4 Å². The van der Waals surface area contributed by atoms with Gasteiger partial charge in [0.2, 0.25) is 0 Å². The monoisotopic (exact) mass is 378 g/mol. The lowest BCUT2D eigenvalue weighted by molar-refractivity contribution is -0.124. The van der Waals surface area contributed by atoms with Gasteiger partial charge in [-0.1, -0.05) is 23.8 Å². The summed E-state index contributed by atoms with van der Waals surface area (Å²) in [4.78, 5) is 28.9. The summed E-state index contributed by atoms with van der Waals surface area (Å²) < 4.78 is 10.3. The third-order valence-electron chi connectivity index (χ3n) is 4.34. The molecule has 0 bridgehead atoms. The highest BCUT2D eigenvalue weighted by atomic mass is 16.5. The second-order valence-electron chi connectivity index (χ2n) is 6.52. The molecule has 0 fully saturated rings. The summed E-state index contributed by atoms with van der Waals surface area (Å²) in [6, 6.07) is 15.0. The minimum absolute atomic E-state index is 0.323. The van der Waals surface area contributed by atoms with Gasteiger partial charge in [-0.15, -0.1) is 0 Å².